The minimum atomic E-state index is 0.559. The van der Waals surface area contributed by atoms with Gasteiger partial charge in [-0.3, -0.25) is 0 Å². The lowest BCUT2D eigenvalue weighted by atomic mass is 10.00. The Bertz CT molecular complexity index is 214. The van der Waals surface area contributed by atoms with E-state index in [1.807, 2.05) is 0 Å². The molecule has 1 N–H and O–H groups in total. The number of nitrogens with one attached hydrogen (secondary N) is 1. The van der Waals surface area contributed by atoms with Crippen LogP contribution >= 0.6 is 0 Å². The van der Waals surface area contributed by atoms with Crippen LogP contribution in [0.3, 0.4) is 0 Å². The third-order valence-electron chi connectivity index (χ3n) is 4.93. The second-order valence-electron chi connectivity index (χ2n) is 6.82. The quantitative estimate of drug-likeness (QED) is 0.430. The van der Waals surface area contributed by atoms with Crippen LogP contribution in [0.5, 0.6) is 0 Å². The Morgan fingerprint density at radius 2 is 1.62 bits per heavy atom. The Kier molecular flexibility index (Phi) is 12.3. The minimum Gasteiger partial charge on any atom is -0.378 e. The molecule has 1 fully saturated rings. The number of unbranched alkanes of at least 4 members (excludes halogenated alkanes) is 8. The highest BCUT2D eigenvalue weighted by molar-refractivity contribution is 4.71. The maximum Gasteiger partial charge on any atom is 0.0576 e. The van der Waals surface area contributed by atoms with Gasteiger partial charge in [-0.15, -0.1) is 0 Å². The molecule has 2 unspecified atom stereocenters. The van der Waals surface area contributed by atoms with E-state index in [1.54, 1.807) is 0 Å². The van der Waals surface area contributed by atoms with Crippen LogP contribution in [-0.2, 0) is 4.74 Å². The number of hydrogen-bond acceptors (Lipinski definition) is 2. The van der Waals surface area contributed by atoms with Crippen LogP contribution in [0.4, 0.5) is 0 Å². The summed E-state index contributed by atoms with van der Waals surface area (Å²) < 4.78 is 5.72. The molecule has 0 amide bonds. The second-order valence-corrected chi connectivity index (χ2v) is 6.82. The number of ether oxygens (including phenoxy) is 1. The minimum absolute atomic E-state index is 0.559. The Morgan fingerprint density at radius 1 is 0.952 bits per heavy atom. The first kappa shape index (κ1) is 19.0. The SMILES string of the molecule is CCCCCCCCCCCC(CCC1CCCO1)NC. The fourth-order valence-corrected chi connectivity index (χ4v) is 3.39. The molecule has 1 heterocycles. The van der Waals surface area contributed by atoms with Crippen LogP contribution in [-0.4, -0.2) is 25.8 Å². The Hall–Kier alpha value is -0.0800. The van der Waals surface area contributed by atoms with Gasteiger partial charge in [0.05, 0.1) is 6.10 Å². The van der Waals surface area contributed by atoms with Gasteiger partial charge in [-0.25, -0.2) is 0 Å². The molecule has 0 aromatic heterocycles. The van der Waals surface area contributed by atoms with E-state index in [-0.39, 0.29) is 0 Å². The zero-order chi connectivity index (χ0) is 15.2. The standard InChI is InChI=1S/C19H39NO/c1-3-4-5-6-7-8-9-10-11-13-18(20-2)15-16-19-14-12-17-21-19/h18-20H,3-17H2,1-2H3. The van der Waals surface area contributed by atoms with E-state index in [4.69, 9.17) is 4.74 Å². The van der Waals surface area contributed by atoms with E-state index in [1.165, 1.54) is 89.9 Å². The van der Waals surface area contributed by atoms with E-state index in [2.05, 4.69) is 19.3 Å². The van der Waals surface area contributed by atoms with Crippen molar-refractivity contribution >= 4 is 0 Å². The molecule has 1 rings (SSSR count). The molecular weight excluding hydrogens is 258 g/mol. The van der Waals surface area contributed by atoms with Gasteiger partial charge in [0.2, 0.25) is 0 Å². The van der Waals surface area contributed by atoms with Crippen molar-refractivity contribution in [3.8, 4) is 0 Å². The van der Waals surface area contributed by atoms with E-state index in [0.717, 1.165) is 6.61 Å². The van der Waals surface area contributed by atoms with Gasteiger partial charge in [-0.2, -0.15) is 0 Å². The lowest BCUT2D eigenvalue weighted by Gasteiger charge is -2.18. The van der Waals surface area contributed by atoms with Crippen molar-refractivity contribution in [2.24, 2.45) is 0 Å². The molecule has 2 nitrogen and oxygen atoms in total. The number of hydrogen-bond donors (Lipinski definition) is 1. The third-order valence-corrected chi connectivity index (χ3v) is 4.93. The molecule has 126 valence electrons. The first-order valence-electron chi connectivity index (χ1n) is 9.65. The Balaban J connectivity index is 1.87. The summed E-state index contributed by atoms with van der Waals surface area (Å²) in [5.41, 5.74) is 0. The molecule has 0 bridgehead atoms. The van der Waals surface area contributed by atoms with Gasteiger partial charge in [0.25, 0.3) is 0 Å². The van der Waals surface area contributed by atoms with E-state index < -0.39 is 0 Å². The summed E-state index contributed by atoms with van der Waals surface area (Å²) >= 11 is 0. The van der Waals surface area contributed by atoms with Crippen molar-refractivity contribution in [1.82, 2.24) is 5.32 Å². The summed E-state index contributed by atoms with van der Waals surface area (Å²) in [6, 6.07) is 0.707. The van der Waals surface area contributed by atoms with E-state index in [0.29, 0.717) is 12.1 Å². The molecule has 1 aliphatic heterocycles. The van der Waals surface area contributed by atoms with Crippen LogP contribution < -0.4 is 5.32 Å². The predicted molar refractivity (Wildman–Crippen MR) is 92.9 cm³/mol. The highest BCUT2D eigenvalue weighted by Gasteiger charge is 2.17. The average molecular weight is 298 g/mol. The molecule has 2 atom stereocenters. The van der Waals surface area contributed by atoms with Crippen molar-refractivity contribution in [1.29, 1.82) is 0 Å². The van der Waals surface area contributed by atoms with Gasteiger partial charge in [-0.1, -0.05) is 64.7 Å². The molecule has 0 saturated carbocycles. The highest BCUT2D eigenvalue weighted by atomic mass is 16.5. The van der Waals surface area contributed by atoms with Crippen molar-refractivity contribution in [3.05, 3.63) is 0 Å². The summed E-state index contributed by atoms with van der Waals surface area (Å²) in [5.74, 6) is 0. The summed E-state index contributed by atoms with van der Waals surface area (Å²) in [6.07, 6.45) is 19.8. The first-order valence-corrected chi connectivity index (χ1v) is 9.65. The van der Waals surface area contributed by atoms with Gasteiger partial charge in [0.15, 0.2) is 0 Å². The first-order chi connectivity index (χ1) is 10.4. The van der Waals surface area contributed by atoms with E-state index >= 15 is 0 Å². The van der Waals surface area contributed by atoms with Crippen molar-refractivity contribution in [2.45, 2.75) is 109 Å². The molecule has 1 aliphatic rings. The molecule has 0 radical (unpaired) electrons. The van der Waals surface area contributed by atoms with Crippen molar-refractivity contribution < 1.29 is 4.74 Å². The molecular formula is C19H39NO. The van der Waals surface area contributed by atoms with Crippen molar-refractivity contribution in [3.63, 3.8) is 0 Å². The summed E-state index contributed by atoms with van der Waals surface area (Å²) in [7, 11) is 2.12. The lowest BCUT2D eigenvalue weighted by molar-refractivity contribution is 0.0994. The fraction of sp³-hybridized carbons (Fsp3) is 1.00. The van der Waals surface area contributed by atoms with Crippen LogP contribution in [0.1, 0.15) is 96.8 Å². The smallest absolute Gasteiger partial charge is 0.0576 e. The van der Waals surface area contributed by atoms with Gasteiger partial charge >= 0.3 is 0 Å². The molecule has 0 aromatic rings. The van der Waals surface area contributed by atoms with Crippen LogP contribution in [0, 0.1) is 0 Å². The molecule has 21 heavy (non-hydrogen) atoms. The summed E-state index contributed by atoms with van der Waals surface area (Å²) in [5, 5.41) is 3.50. The fourth-order valence-electron chi connectivity index (χ4n) is 3.39. The maximum absolute atomic E-state index is 5.72. The lowest BCUT2D eigenvalue weighted by Crippen LogP contribution is -2.26. The largest absolute Gasteiger partial charge is 0.378 e. The highest BCUT2D eigenvalue weighted by Crippen LogP contribution is 2.19. The number of rotatable bonds is 14. The molecule has 0 aliphatic carbocycles. The Labute approximate surface area is 133 Å². The second kappa shape index (κ2) is 13.6. The van der Waals surface area contributed by atoms with Crippen LogP contribution in [0.2, 0.25) is 0 Å². The molecule has 2 heteroatoms. The molecule has 0 aromatic carbocycles. The maximum atomic E-state index is 5.72. The molecule has 0 spiro atoms. The van der Waals surface area contributed by atoms with Crippen LogP contribution in [0.25, 0.3) is 0 Å². The van der Waals surface area contributed by atoms with Gasteiger partial charge < -0.3 is 10.1 Å². The van der Waals surface area contributed by atoms with E-state index in [9.17, 15) is 0 Å². The van der Waals surface area contributed by atoms with Gasteiger partial charge in [0, 0.05) is 12.6 Å². The zero-order valence-electron chi connectivity index (χ0n) is 14.7. The third kappa shape index (κ3) is 10.3. The monoisotopic (exact) mass is 297 g/mol. The summed E-state index contributed by atoms with van der Waals surface area (Å²) in [4.78, 5) is 0. The summed E-state index contributed by atoms with van der Waals surface area (Å²) in [6.45, 7) is 3.28. The van der Waals surface area contributed by atoms with Gasteiger partial charge in [0.1, 0.15) is 0 Å². The predicted octanol–water partition coefficient (Wildman–Crippen LogP) is 5.45. The Morgan fingerprint density at radius 3 is 2.19 bits per heavy atom. The normalized spacial score (nSPS) is 20.0. The molecule has 1 saturated heterocycles. The zero-order valence-corrected chi connectivity index (χ0v) is 14.7. The van der Waals surface area contributed by atoms with Crippen LogP contribution in [0.15, 0.2) is 0 Å². The average Bonchev–Trinajstić information content (AvgIpc) is 3.02. The van der Waals surface area contributed by atoms with Crippen molar-refractivity contribution in [2.75, 3.05) is 13.7 Å². The topological polar surface area (TPSA) is 21.3 Å². The van der Waals surface area contributed by atoms with Gasteiger partial charge in [-0.05, 0) is 39.2 Å².